The maximum atomic E-state index is 14.6. The first-order chi connectivity index (χ1) is 14.9. The Kier molecular flexibility index (Phi) is 7.64. The first-order valence-corrected chi connectivity index (χ1v) is 12.9. The van der Waals surface area contributed by atoms with Gasteiger partial charge in [-0.3, -0.25) is 0 Å². The van der Waals surface area contributed by atoms with Crippen molar-refractivity contribution in [2.24, 2.45) is 11.8 Å². The van der Waals surface area contributed by atoms with Crippen molar-refractivity contribution in [2.75, 3.05) is 45.6 Å². The summed E-state index contributed by atoms with van der Waals surface area (Å²) in [5, 5.41) is 10.0. The predicted molar refractivity (Wildman–Crippen MR) is 121 cm³/mol. The molecule has 1 aromatic carbocycles. The Balaban J connectivity index is 1.56. The minimum atomic E-state index is -3.28. The van der Waals surface area contributed by atoms with Gasteiger partial charge in [0.05, 0.1) is 18.5 Å². The van der Waals surface area contributed by atoms with Gasteiger partial charge in [0.15, 0.2) is 17.4 Å². The molecule has 1 aliphatic heterocycles. The highest BCUT2D eigenvalue weighted by Gasteiger charge is 2.39. The van der Waals surface area contributed by atoms with Crippen LogP contribution in [0.3, 0.4) is 0 Å². The molecule has 2 atom stereocenters. The van der Waals surface area contributed by atoms with Crippen molar-refractivity contribution in [3.05, 3.63) is 35.4 Å². The lowest BCUT2D eigenvalue weighted by Crippen LogP contribution is -2.39. The second-order valence-corrected chi connectivity index (χ2v) is 11.6. The number of halogens is 2. The van der Waals surface area contributed by atoms with Gasteiger partial charge in [0.25, 0.3) is 0 Å². The fourth-order valence-corrected chi connectivity index (χ4v) is 4.98. The van der Waals surface area contributed by atoms with Gasteiger partial charge in [-0.25, -0.2) is 17.2 Å². The van der Waals surface area contributed by atoms with Crippen LogP contribution in [0.25, 0.3) is 5.57 Å². The van der Waals surface area contributed by atoms with Gasteiger partial charge in [-0.2, -0.15) is 4.31 Å². The average molecular weight is 473 g/mol. The third-order valence-electron chi connectivity index (χ3n) is 6.07. The predicted octanol–water partition coefficient (Wildman–Crippen LogP) is 3.12. The Hall–Kier alpha value is -1.55. The topological polar surface area (TPSA) is 70.1 Å². The molecule has 1 N–H and O–H groups in total. The van der Waals surface area contributed by atoms with E-state index in [1.165, 1.54) is 16.4 Å². The van der Waals surface area contributed by atoms with Crippen molar-refractivity contribution in [1.29, 1.82) is 0 Å². The van der Waals surface area contributed by atoms with Gasteiger partial charge in [0.2, 0.25) is 10.0 Å². The standard InChI is InChI=1S/C23H34F2N2O4S/c1-5-26(15-23(2,3)28)13-18-10-19(18)14-31-22-20(24)11-17(12-21(22)25)16-6-8-27(9-7-16)32(4,29)30/h6,11-12,18-19,28H,5,7-10,13-15H2,1-4H3/t18?,19-/m1/s1. The van der Waals surface area contributed by atoms with E-state index in [0.717, 1.165) is 31.3 Å². The molecular formula is C23H34F2N2O4S. The van der Waals surface area contributed by atoms with Crippen LogP contribution in [0.5, 0.6) is 5.75 Å². The van der Waals surface area contributed by atoms with Gasteiger partial charge >= 0.3 is 0 Å². The summed E-state index contributed by atoms with van der Waals surface area (Å²) in [6.45, 7) is 8.59. The molecule has 1 aromatic rings. The summed E-state index contributed by atoms with van der Waals surface area (Å²) in [4.78, 5) is 2.18. The van der Waals surface area contributed by atoms with Crippen LogP contribution in [0.15, 0.2) is 18.2 Å². The molecule has 0 amide bonds. The zero-order valence-corrected chi connectivity index (χ0v) is 20.1. The van der Waals surface area contributed by atoms with E-state index in [4.69, 9.17) is 4.74 Å². The zero-order chi connectivity index (χ0) is 23.7. The number of hydrogen-bond acceptors (Lipinski definition) is 5. The number of nitrogens with zero attached hydrogens (tertiary/aromatic N) is 2. The quantitative estimate of drug-likeness (QED) is 0.567. The zero-order valence-electron chi connectivity index (χ0n) is 19.3. The number of aliphatic hydroxyl groups is 1. The van der Waals surface area contributed by atoms with Crippen molar-refractivity contribution < 1.29 is 27.0 Å². The number of sulfonamides is 1. The van der Waals surface area contributed by atoms with Crippen molar-refractivity contribution in [2.45, 2.75) is 39.2 Å². The van der Waals surface area contributed by atoms with Crippen LogP contribution in [0.1, 0.15) is 39.2 Å². The smallest absolute Gasteiger partial charge is 0.211 e. The molecule has 6 nitrogen and oxygen atoms in total. The highest BCUT2D eigenvalue weighted by Crippen LogP contribution is 2.40. The summed E-state index contributed by atoms with van der Waals surface area (Å²) in [7, 11) is -3.28. The summed E-state index contributed by atoms with van der Waals surface area (Å²) in [6.07, 6.45) is 4.18. The van der Waals surface area contributed by atoms with Crippen molar-refractivity contribution in [3.63, 3.8) is 0 Å². The van der Waals surface area contributed by atoms with Crippen molar-refractivity contribution >= 4 is 15.6 Å². The molecule has 0 radical (unpaired) electrons. The van der Waals surface area contributed by atoms with Crippen molar-refractivity contribution in [3.8, 4) is 5.75 Å². The highest BCUT2D eigenvalue weighted by molar-refractivity contribution is 7.88. The molecule has 1 heterocycles. The Morgan fingerprint density at radius 1 is 1.25 bits per heavy atom. The third kappa shape index (κ3) is 6.73. The largest absolute Gasteiger partial charge is 0.487 e. The van der Waals surface area contributed by atoms with Gasteiger partial charge in [-0.05, 0) is 68.3 Å². The van der Waals surface area contributed by atoms with Gasteiger partial charge in [-0.15, -0.1) is 0 Å². The van der Waals surface area contributed by atoms with E-state index in [-0.39, 0.29) is 31.4 Å². The Bertz CT molecular complexity index is 936. The molecule has 1 saturated carbocycles. The normalized spacial score (nSPS) is 22.2. The SMILES string of the molecule is CCN(CC1C[C@@H]1COc1c(F)cc(C2=CCN(S(C)(=O)=O)CC2)cc1F)CC(C)(C)O. The molecule has 0 bridgehead atoms. The van der Waals surface area contributed by atoms with Gasteiger partial charge in [0.1, 0.15) is 0 Å². The second-order valence-electron chi connectivity index (χ2n) is 9.58. The molecule has 9 heteroatoms. The summed E-state index contributed by atoms with van der Waals surface area (Å²) in [5.41, 5.74) is 0.375. The van der Waals surface area contributed by atoms with Crippen molar-refractivity contribution in [1.82, 2.24) is 9.21 Å². The third-order valence-corrected chi connectivity index (χ3v) is 7.34. The molecule has 3 rings (SSSR count). The molecule has 2 aliphatic rings. The summed E-state index contributed by atoms with van der Waals surface area (Å²) in [5.74, 6) is -1.22. The number of ether oxygens (including phenoxy) is 1. The Labute approximate surface area is 189 Å². The van der Waals surface area contributed by atoms with Crippen LogP contribution in [0, 0.1) is 23.5 Å². The highest BCUT2D eigenvalue weighted by atomic mass is 32.2. The van der Waals surface area contributed by atoms with E-state index in [0.29, 0.717) is 24.4 Å². The summed E-state index contributed by atoms with van der Waals surface area (Å²) >= 11 is 0. The minimum Gasteiger partial charge on any atom is -0.487 e. The Morgan fingerprint density at radius 3 is 2.41 bits per heavy atom. The number of rotatable bonds is 10. The molecule has 180 valence electrons. The van der Waals surface area contributed by atoms with E-state index in [2.05, 4.69) is 4.90 Å². The summed E-state index contributed by atoms with van der Waals surface area (Å²) < 4.78 is 59.3. The lowest BCUT2D eigenvalue weighted by Gasteiger charge is -2.28. The van der Waals surface area contributed by atoms with Crippen LogP contribution in [0.4, 0.5) is 8.78 Å². The minimum absolute atomic E-state index is 0.195. The van der Waals surface area contributed by atoms with E-state index >= 15 is 0 Å². The summed E-state index contributed by atoms with van der Waals surface area (Å²) in [6, 6.07) is 2.51. The van der Waals surface area contributed by atoms with Crippen LogP contribution < -0.4 is 4.74 Å². The molecule has 32 heavy (non-hydrogen) atoms. The maximum Gasteiger partial charge on any atom is 0.211 e. The van der Waals surface area contributed by atoms with Crippen LogP contribution in [-0.2, 0) is 10.0 Å². The molecule has 1 unspecified atom stereocenters. The fourth-order valence-electron chi connectivity index (χ4n) is 4.21. The van der Waals surface area contributed by atoms with E-state index in [1.807, 2.05) is 6.92 Å². The average Bonchev–Trinajstić information content (AvgIpc) is 3.42. The maximum absolute atomic E-state index is 14.6. The van der Waals surface area contributed by atoms with E-state index < -0.39 is 27.3 Å². The van der Waals surface area contributed by atoms with Gasteiger partial charge < -0.3 is 14.7 Å². The molecule has 1 fully saturated rings. The number of likely N-dealkylation sites (N-methyl/N-ethyl adjacent to an activating group) is 1. The van der Waals surface area contributed by atoms with Crippen LogP contribution in [-0.4, -0.2) is 73.9 Å². The number of hydrogen-bond donors (Lipinski definition) is 1. The van der Waals surface area contributed by atoms with E-state index in [9.17, 15) is 22.3 Å². The monoisotopic (exact) mass is 472 g/mol. The first kappa shape index (κ1) is 25.1. The van der Waals surface area contributed by atoms with Crippen LogP contribution >= 0.6 is 0 Å². The van der Waals surface area contributed by atoms with E-state index in [1.54, 1.807) is 19.9 Å². The molecule has 1 aliphatic carbocycles. The van der Waals surface area contributed by atoms with Gasteiger partial charge in [-0.1, -0.05) is 13.0 Å². The van der Waals surface area contributed by atoms with Gasteiger partial charge in [0, 0.05) is 26.2 Å². The lowest BCUT2D eigenvalue weighted by molar-refractivity contribution is 0.0357. The fraction of sp³-hybridized carbons (Fsp3) is 0.652. The molecule has 0 saturated heterocycles. The first-order valence-electron chi connectivity index (χ1n) is 11.1. The molecule has 0 aromatic heterocycles. The van der Waals surface area contributed by atoms with Crippen LogP contribution in [0.2, 0.25) is 0 Å². The molecular weight excluding hydrogens is 438 g/mol. The second kappa shape index (κ2) is 9.75. The Morgan fingerprint density at radius 2 is 1.91 bits per heavy atom. The lowest BCUT2D eigenvalue weighted by atomic mass is 10.00. The number of benzene rings is 1. The molecule has 0 spiro atoms.